The molecule has 1 aromatic heterocycles. The minimum absolute atomic E-state index is 0.0951. The van der Waals surface area contributed by atoms with Crippen molar-refractivity contribution >= 4 is 29.8 Å². The van der Waals surface area contributed by atoms with E-state index < -0.39 is 0 Å². The molecule has 1 saturated heterocycles. The first-order chi connectivity index (χ1) is 9.78. The fraction of sp³-hybridized carbons (Fsp3) is 0.667. The minimum Gasteiger partial charge on any atom is -0.399 e. The van der Waals surface area contributed by atoms with Gasteiger partial charge in [-0.2, -0.15) is 0 Å². The van der Waals surface area contributed by atoms with Gasteiger partial charge < -0.3 is 14.6 Å². The van der Waals surface area contributed by atoms with Crippen molar-refractivity contribution in [2.75, 3.05) is 0 Å². The molecule has 1 saturated carbocycles. The van der Waals surface area contributed by atoms with Gasteiger partial charge in [0.15, 0.2) is 0 Å². The van der Waals surface area contributed by atoms with E-state index in [4.69, 9.17) is 9.31 Å². The van der Waals surface area contributed by atoms with E-state index in [2.05, 4.69) is 5.32 Å². The van der Waals surface area contributed by atoms with Gasteiger partial charge >= 0.3 is 7.12 Å². The second-order valence-electron chi connectivity index (χ2n) is 6.91. The smallest absolute Gasteiger partial charge is 0.399 e. The van der Waals surface area contributed by atoms with Crippen molar-refractivity contribution in [2.24, 2.45) is 0 Å². The Morgan fingerprint density at radius 3 is 2.52 bits per heavy atom. The first-order valence-corrected chi connectivity index (χ1v) is 8.38. The number of nitrogens with one attached hydrogen (secondary N) is 1. The second kappa shape index (κ2) is 5.11. The summed E-state index contributed by atoms with van der Waals surface area (Å²) in [5.41, 5.74) is 0.282. The Morgan fingerprint density at radius 1 is 1.33 bits per heavy atom. The van der Waals surface area contributed by atoms with Gasteiger partial charge in [0.2, 0.25) is 5.91 Å². The summed E-state index contributed by atoms with van der Waals surface area (Å²) >= 11 is 1.59. The lowest BCUT2D eigenvalue weighted by molar-refractivity contribution is -0.120. The van der Waals surface area contributed by atoms with Crippen LogP contribution < -0.4 is 10.8 Å². The highest BCUT2D eigenvalue weighted by Crippen LogP contribution is 2.37. The van der Waals surface area contributed by atoms with E-state index in [0.717, 1.165) is 23.2 Å². The normalized spacial score (nSPS) is 23.3. The molecule has 1 aliphatic heterocycles. The maximum absolute atomic E-state index is 12.0. The average Bonchev–Trinajstić information content (AvgIpc) is 2.98. The molecule has 0 atom stereocenters. The monoisotopic (exact) mass is 307 g/mol. The maximum Gasteiger partial charge on any atom is 0.495 e. The van der Waals surface area contributed by atoms with Crippen molar-refractivity contribution < 1.29 is 14.1 Å². The van der Waals surface area contributed by atoms with Crippen molar-refractivity contribution in [1.82, 2.24) is 5.32 Å². The van der Waals surface area contributed by atoms with Gasteiger partial charge in [-0.05, 0) is 51.4 Å². The van der Waals surface area contributed by atoms with Gasteiger partial charge in [-0.15, -0.1) is 11.3 Å². The zero-order valence-corrected chi connectivity index (χ0v) is 13.9. The molecular weight excluding hydrogens is 285 g/mol. The maximum atomic E-state index is 12.0. The van der Waals surface area contributed by atoms with E-state index >= 15 is 0 Å². The number of rotatable bonds is 4. The topological polar surface area (TPSA) is 47.6 Å². The molecule has 1 amide bonds. The molecule has 21 heavy (non-hydrogen) atoms. The van der Waals surface area contributed by atoms with Crippen LogP contribution in [0, 0.1) is 0 Å². The third-order valence-electron chi connectivity index (χ3n) is 4.55. The number of carbonyl (C=O) groups is 1. The summed E-state index contributed by atoms with van der Waals surface area (Å²) in [5, 5.41) is 5.03. The van der Waals surface area contributed by atoms with Gasteiger partial charge in [-0.3, -0.25) is 4.79 Å². The number of hydrogen-bond donors (Lipinski definition) is 1. The second-order valence-corrected chi connectivity index (χ2v) is 7.91. The van der Waals surface area contributed by atoms with Crippen LogP contribution in [0.5, 0.6) is 0 Å². The summed E-state index contributed by atoms with van der Waals surface area (Å²) in [7, 11) is -0.384. The Hall–Kier alpha value is -0.845. The minimum atomic E-state index is -0.384. The predicted molar refractivity (Wildman–Crippen MR) is 84.9 cm³/mol. The molecule has 4 nitrogen and oxygen atoms in total. The molecule has 0 radical (unpaired) electrons. The van der Waals surface area contributed by atoms with Crippen LogP contribution in [0.4, 0.5) is 0 Å². The number of thiophene rings is 1. The fourth-order valence-corrected chi connectivity index (χ4v) is 3.22. The molecule has 6 heteroatoms. The van der Waals surface area contributed by atoms with Crippen LogP contribution in [0.3, 0.4) is 0 Å². The molecule has 0 spiro atoms. The van der Waals surface area contributed by atoms with Gasteiger partial charge in [0, 0.05) is 10.9 Å². The van der Waals surface area contributed by atoms with E-state index in [1.54, 1.807) is 11.3 Å². The molecule has 3 rings (SSSR count). The zero-order valence-electron chi connectivity index (χ0n) is 13.1. The molecule has 2 heterocycles. The van der Waals surface area contributed by atoms with E-state index in [0.29, 0.717) is 12.5 Å². The molecule has 1 aliphatic carbocycles. The molecule has 114 valence electrons. The van der Waals surface area contributed by atoms with E-state index in [1.165, 1.54) is 0 Å². The van der Waals surface area contributed by atoms with Crippen molar-refractivity contribution in [2.45, 2.75) is 64.2 Å². The van der Waals surface area contributed by atoms with Gasteiger partial charge in [0.05, 0.1) is 17.6 Å². The first-order valence-electron chi connectivity index (χ1n) is 7.50. The van der Waals surface area contributed by atoms with Crippen LogP contribution in [-0.4, -0.2) is 30.3 Å². The summed E-state index contributed by atoms with van der Waals surface area (Å²) < 4.78 is 12.2. The summed E-state index contributed by atoms with van der Waals surface area (Å²) in [6, 6.07) is 2.41. The molecule has 1 N–H and O–H groups in total. The largest absolute Gasteiger partial charge is 0.495 e. The van der Waals surface area contributed by atoms with E-state index in [-0.39, 0.29) is 24.2 Å². The molecule has 1 aromatic rings. The van der Waals surface area contributed by atoms with Crippen molar-refractivity contribution in [3.05, 3.63) is 16.3 Å². The standard InChI is InChI=1S/C15H22BNO3S/c1-14(2)15(3,4)20-16(19-14)11-7-8-21-12(11)9-13(18)17-10-5-6-10/h7-8,10H,5-6,9H2,1-4H3,(H,17,18). The summed E-state index contributed by atoms with van der Waals surface area (Å²) in [6.45, 7) is 8.16. The third-order valence-corrected chi connectivity index (χ3v) is 5.49. The third kappa shape index (κ3) is 3.03. The molecule has 2 aliphatic rings. The molecule has 0 unspecified atom stereocenters. The lowest BCUT2D eigenvalue weighted by Gasteiger charge is -2.32. The lowest BCUT2D eigenvalue weighted by Crippen LogP contribution is -2.41. The van der Waals surface area contributed by atoms with Crippen LogP contribution >= 0.6 is 11.3 Å². The Kier molecular flexibility index (Phi) is 3.67. The summed E-state index contributed by atoms with van der Waals surface area (Å²) in [5.74, 6) is 0.0951. The highest BCUT2D eigenvalue weighted by molar-refractivity contribution is 7.11. The number of carbonyl (C=O) groups excluding carboxylic acids is 1. The fourth-order valence-electron chi connectivity index (χ4n) is 2.33. The Morgan fingerprint density at radius 2 is 1.95 bits per heavy atom. The Labute approximate surface area is 130 Å². The summed E-state index contributed by atoms with van der Waals surface area (Å²) in [4.78, 5) is 13.0. The van der Waals surface area contributed by atoms with E-state index in [1.807, 2.05) is 39.1 Å². The molecule has 0 bridgehead atoms. The van der Waals surface area contributed by atoms with Gasteiger partial charge in [-0.1, -0.05) is 6.07 Å². The highest BCUT2D eigenvalue weighted by Gasteiger charge is 2.52. The SMILES string of the molecule is CC1(C)OB(c2ccsc2CC(=O)NC2CC2)OC1(C)C. The van der Waals surface area contributed by atoms with Crippen LogP contribution in [0.25, 0.3) is 0 Å². The average molecular weight is 307 g/mol. The summed E-state index contributed by atoms with van der Waals surface area (Å²) in [6.07, 6.45) is 2.63. The Balaban J connectivity index is 1.72. The van der Waals surface area contributed by atoms with Gasteiger partial charge in [0.1, 0.15) is 0 Å². The molecular formula is C15H22BNO3S. The predicted octanol–water partition coefficient (Wildman–Crippen LogP) is 1.87. The van der Waals surface area contributed by atoms with E-state index in [9.17, 15) is 4.79 Å². The highest BCUT2D eigenvalue weighted by atomic mass is 32.1. The lowest BCUT2D eigenvalue weighted by atomic mass is 9.79. The number of amides is 1. The number of hydrogen-bond acceptors (Lipinski definition) is 4. The van der Waals surface area contributed by atoms with Gasteiger partial charge in [-0.25, -0.2) is 0 Å². The first kappa shape index (κ1) is 15.1. The molecule has 2 fully saturated rings. The van der Waals surface area contributed by atoms with Crippen molar-refractivity contribution in [1.29, 1.82) is 0 Å². The zero-order chi connectivity index (χ0) is 15.3. The van der Waals surface area contributed by atoms with Gasteiger partial charge in [0.25, 0.3) is 0 Å². The van der Waals surface area contributed by atoms with Crippen LogP contribution in [-0.2, 0) is 20.5 Å². The van der Waals surface area contributed by atoms with Crippen LogP contribution in [0.1, 0.15) is 45.4 Å². The van der Waals surface area contributed by atoms with Crippen LogP contribution in [0.2, 0.25) is 0 Å². The van der Waals surface area contributed by atoms with Crippen molar-refractivity contribution in [3.63, 3.8) is 0 Å². The quantitative estimate of drug-likeness (QED) is 0.864. The van der Waals surface area contributed by atoms with Crippen molar-refractivity contribution in [3.8, 4) is 0 Å². The van der Waals surface area contributed by atoms with Crippen LogP contribution in [0.15, 0.2) is 11.4 Å². The molecule has 0 aromatic carbocycles. The Bertz CT molecular complexity index is 535.